The first-order valence-electron chi connectivity index (χ1n) is 6.77. The van der Waals surface area contributed by atoms with E-state index in [2.05, 4.69) is 17.6 Å². The van der Waals surface area contributed by atoms with Gasteiger partial charge in [-0.25, -0.2) is 4.79 Å². The van der Waals surface area contributed by atoms with Gasteiger partial charge in [-0.05, 0) is 33.1 Å². The molecule has 1 heterocycles. The average molecular weight is 270 g/mol. The van der Waals surface area contributed by atoms with E-state index in [1.807, 2.05) is 25.7 Å². The number of carbonyl (C=O) groups excluding carboxylic acids is 2. The Labute approximate surface area is 115 Å². The number of piperidine rings is 1. The standard InChI is InChI=1S/C13H26N4O2/c1-9-7-17(6-5-10(9)14)8-11(18)15-12(19)16-13(2,3)4/h9-10H,5-8,14H2,1-4H3,(H2,15,16,18,19). The molecule has 0 saturated carbocycles. The number of rotatable bonds is 2. The van der Waals surface area contributed by atoms with E-state index in [9.17, 15) is 9.59 Å². The SMILES string of the molecule is CC1CN(CC(=O)NC(=O)NC(C)(C)C)CCC1N. The summed E-state index contributed by atoms with van der Waals surface area (Å²) >= 11 is 0. The van der Waals surface area contributed by atoms with Crippen molar-refractivity contribution in [3.05, 3.63) is 0 Å². The van der Waals surface area contributed by atoms with Crippen LogP contribution in [-0.4, -0.2) is 48.1 Å². The molecule has 110 valence electrons. The molecule has 0 aromatic carbocycles. The summed E-state index contributed by atoms with van der Waals surface area (Å²) < 4.78 is 0. The fourth-order valence-electron chi connectivity index (χ4n) is 2.13. The second-order valence-corrected chi connectivity index (χ2v) is 6.42. The van der Waals surface area contributed by atoms with Crippen LogP contribution in [0.15, 0.2) is 0 Å². The summed E-state index contributed by atoms with van der Waals surface area (Å²) in [5.41, 5.74) is 5.58. The third-order valence-electron chi connectivity index (χ3n) is 3.16. The second kappa shape index (κ2) is 6.34. The Morgan fingerprint density at radius 3 is 2.53 bits per heavy atom. The number of nitrogens with two attached hydrogens (primary N) is 1. The highest BCUT2D eigenvalue weighted by molar-refractivity contribution is 5.95. The predicted octanol–water partition coefficient (Wildman–Crippen LogP) is 0.280. The molecule has 0 radical (unpaired) electrons. The minimum absolute atomic E-state index is 0.212. The van der Waals surface area contributed by atoms with Gasteiger partial charge in [0.15, 0.2) is 0 Å². The monoisotopic (exact) mass is 270 g/mol. The van der Waals surface area contributed by atoms with E-state index in [0.717, 1.165) is 19.5 Å². The van der Waals surface area contributed by atoms with Gasteiger partial charge in [-0.15, -0.1) is 0 Å². The zero-order valence-electron chi connectivity index (χ0n) is 12.3. The molecule has 19 heavy (non-hydrogen) atoms. The predicted molar refractivity (Wildman–Crippen MR) is 74.6 cm³/mol. The Hall–Kier alpha value is -1.14. The molecule has 0 aromatic rings. The van der Waals surface area contributed by atoms with Crippen LogP contribution in [0.3, 0.4) is 0 Å². The lowest BCUT2D eigenvalue weighted by Gasteiger charge is -2.34. The Bertz CT molecular complexity index is 338. The highest BCUT2D eigenvalue weighted by atomic mass is 16.2. The molecule has 0 aliphatic carbocycles. The number of hydrogen-bond donors (Lipinski definition) is 3. The van der Waals surface area contributed by atoms with E-state index < -0.39 is 6.03 Å². The largest absolute Gasteiger partial charge is 0.333 e. The lowest BCUT2D eigenvalue weighted by atomic mass is 9.95. The maximum Gasteiger partial charge on any atom is 0.321 e. The maximum absolute atomic E-state index is 11.8. The van der Waals surface area contributed by atoms with Crippen molar-refractivity contribution < 1.29 is 9.59 Å². The Balaban J connectivity index is 2.33. The summed E-state index contributed by atoms with van der Waals surface area (Å²) in [6, 6.07) is -0.234. The number of likely N-dealkylation sites (tertiary alicyclic amines) is 1. The van der Waals surface area contributed by atoms with Crippen LogP contribution < -0.4 is 16.4 Å². The van der Waals surface area contributed by atoms with Crippen LogP contribution in [0.1, 0.15) is 34.1 Å². The van der Waals surface area contributed by atoms with Crippen LogP contribution in [0.2, 0.25) is 0 Å². The number of amides is 3. The molecule has 4 N–H and O–H groups in total. The van der Waals surface area contributed by atoms with Gasteiger partial charge in [-0.1, -0.05) is 6.92 Å². The van der Waals surface area contributed by atoms with Gasteiger partial charge in [-0.2, -0.15) is 0 Å². The van der Waals surface area contributed by atoms with E-state index in [0.29, 0.717) is 5.92 Å². The van der Waals surface area contributed by atoms with Gasteiger partial charge >= 0.3 is 6.03 Å². The van der Waals surface area contributed by atoms with Crippen molar-refractivity contribution in [3.63, 3.8) is 0 Å². The summed E-state index contributed by atoms with van der Waals surface area (Å²) in [5, 5.41) is 5.04. The van der Waals surface area contributed by atoms with E-state index in [-0.39, 0.29) is 24.0 Å². The molecule has 1 fully saturated rings. The third kappa shape index (κ3) is 6.02. The van der Waals surface area contributed by atoms with E-state index in [1.165, 1.54) is 0 Å². The molecule has 0 aromatic heterocycles. The first kappa shape index (κ1) is 15.9. The molecule has 0 spiro atoms. The van der Waals surface area contributed by atoms with Crippen LogP contribution >= 0.6 is 0 Å². The number of imide groups is 1. The first-order valence-corrected chi connectivity index (χ1v) is 6.77. The molecule has 1 aliphatic rings. The molecule has 1 rings (SSSR count). The smallest absolute Gasteiger partial charge is 0.321 e. The fraction of sp³-hybridized carbons (Fsp3) is 0.846. The molecule has 6 nitrogen and oxygen atoms in total. The fourth-order valence-corrected chi connectivity index (χ4v) is 2.13. The van der Waals surface area contributed by atoms with Gasteiger partial charge in [0.1, 0.15) is 0 Å². The van der Waals surface area contributed by atoms with Crippen molar-refractivity contribution in [2.75, 3.05) is 19.6 Å². The molecule has 2 unspecified atom stereocenters. The molecule has 1 aliphatic heterocycles. The van der Waals surface area contributed by atoms with Crippen molar-refractivity contribution in [2.24, 2.45) is 11.7 Å². The van der Waals surface area contributed by atoms with E-state index >= 15 is 0 Å². The highest BCUT2D eigenvalue weighted by Gasteiger charge is 2.25. The number of nitrogens with one attached hydrogen (secondary N) is 2. The van der Waals surface area contributed by atoms with Crippen molar-refractivity contribution in [1.82, 2.24) is 15.5 Å². The van der Waals surface area contributed by atoms with Crippen molar-refractivity contribution >= 4 is 11.9 Å². The number of carbonyl (C=O) groups is 2. The topological polar surface area (TPSA) is 87.5 Å². The zero-order chi connectivity index (χ0) is 14.6. The van der Waals surface area contributed by atoms with Gasteiger partial charge in [0.2, 0.25) is 5.91 Å². The zero-order valence-corrected chi connectivity index (χ0v) is 12.3. The van der Waals surface area contributed by atoms with Gasteiger partial charge in [0, 0.05) is 24.7 Å². The van der Waals surface area contributed by atoms with Gasteiger partial charge in [0.05, 0.1) is 6.54 Å². The molecular formula is C13H26N4O2. The van der Waals surface area contributed by atoms with Crippen LogP contribution in [0.25, 0.3) is 0 Å². The molecule has 3 amide bonds. The lowest BCUT2D eigenvalue weighted by molar-refractivity contribution is -0.121. The quantitative estimate of drug-likeness (QED) is 0.672. The summed E-state index contributed by atoms with van der Waals surface area (Å²) in [7, 11) is 0. The van der Waals surface area contributed by atoms with E-state index in [4.69, 9.17) is 5.73 Å². The minimum atomic E-state index is -0.445. The summed E-state index contributed by atoms with van der Waals surface area (Å²) in [4.78, 5) is 25.3. The number of hydrogen-bond acceptors (Lipinski definition) is 4. The van der Waals surface area contributed by atoms with Crippen LogP contribution in [0, 0.1) is 5.92 Å². The summed E-state index contributed by atoms with van der Waals surface area (Å²) in [6.45, 7) is 9.53. The van der Waals surface area contributed by atoms with Crippen LogP contribution in [0.4, 0.5) is 4.79 Å². The minimum Gasteiger partial charge on any atom is -0.333 e. The Kier molecular flexibility index (Phi) is 5.31. The number of urea groups is 1. The average Bonchev–Trinajstić information content (AvgIpc) is 2.20. The first-order chi connectivity index (χ1) is 8.67. The lowest BCUT2D eigenvalue weighted by Crippen LogP contribution is -2.52. The van der Waals surface area contributed by atoms with Crippen molar-refractivity contribution in [2.45, 2.75) is 45.7 Å². The highest BCUT2D eigenvalue weighted by Crippen LogP contribution is 2.14. The van der Waals surface area contributed by atoms with Crippen LogP contribution in [0.5, 0.6) is 0 Å². The van der Waals surface area contributed by atoms with E-state index in [1.54, 1.807) is 0 Å². The molecular weight excluding hydrogens is 244 g/mol. The summed E-state index contributed by atoms with van der Waals surface area (Å²) in [5.74, 6) is 0.106. The van der Waals surface area contributed by atoms with Gasteiger partial charge in [-0.3, -0.25) is 15.0 Å². The summed E-state index contributed by atoms with van der Waals surface area (Å²) in [6.07, 6.45) is 0.892. The van der Waals surface area contributed by atoms with Crippen molar-refractivity contribution in [1.29, 1.82) is 0 Å². The van der Waals surface area contributed by atoms with Gasteiger partial charge < -0.3 is 11.1 Å². The Morgan fingerprint density at radius 2 is 2.00 bits per heavy atom. The van der Waals surface area contributed by atoms with Crippen molar-refractivity contribution in [3.8, 4) is 0 Å². The molecule has 6 heteroatoms. The molecule has 1 saturated heterocycles. The number of nitrogens with zero attached hydrogens (tertiary/aromatic N) is 1. The molecule has 0 bridgehead atoms. The Morgan fingerprint density at radius 1 is 1.37 bits per heavy atom. The normalized spacial score (nSPS) is 24.9. The maximum atomic E-state index is 11.8. The van der Waals surface area contributed by atoms with Crippen LogP contribution in [-0.2, 0) is 4.79 Å². The third-order valence-corrected chi connectivity index (χ3v) is 3.16. The second-order valence-electron chi connectivity index (χ2n) is 6.42. The molecule has 2 atom stereocenters. The van der Waals surface area contributed by atoms with Gasteiger partial charge in [0.25, 0.3) is 0 Å².